The van der Waals surface area contributed by atoms with E-state index < -0.39 is 6.10 Å². The molecule has 0 aliphatic rings. The lowest BCUT2D eigenvalue weighted by Crippen LogP contribution is -2.17. The van der Waals surface area contributed by atoms with Gasteiger partial charge in [0.2, 0.25) is 0 Å². The summed E-state index contributed by atoms with van der Waals surface area (Å²) >= 11 is 5.20. The minimum Gasteiger partial charge on any atom is -0.389 e. The molecule has 1 N–H and O–H groups in total. The Morgan fingerprint density at radius 2 is 2.11 bits per heavy atom. The van der Waals surface area contributed by atoms with Crippen molar-refractivity contribution in [3.05, 3.63) is 50.6 Å². The standard InChI is InChI=1S/C14H16BrNOS/c1-10(17)13-5-3-4-6-14(13)16(2)8-12-7-11(15)9-18-12/h3-7,9-10,17H,8H2,1-2H3. The van der Waals surface area contributed by atoms with Gasteiger partial charge in [-0.1, -0.05) is 18.2 Å². The third-order valence-electron chi connectivity index (χ3n) is 2.81. The first-order chi connectivity index (χ1) is 8.58. The van der Waals surface area contributed by atoms with E-state index in [0.29, 0.717) is 0 Å². The van der Waals surface area contributed by atoms with Crippen LogP contribution < -0.4 is 4.90 Å². The molecule has 1 aromatic heterocycles. The van der Waals surface area contributed by atoms with Gasteiger partial charge in [-0.2, -0.15) is 0 Å². The average Bonchev–Trinajstić information content (AvgIpc) is 2.74. The van der Waals surface area contributed by atoms with Crippen LogP contribution in [0.2, 0.25) is 0 Å². The molecular weight excluding hydrogens is 310 g/mol. The molecular formula is C14H16BrNOS. The summed E-state index contributed by atoms with van der Waals surface area (Å²) in [6.07, 6.45) is -0.446. The Labute approximate surface area is 120 Å². The molecule has 4 heteroatoms. The summed E-state index contributed by atoms with van der Waals surface area (Å²) in [6.45, 7) is 2.65. The van der Waals surface area contributed by atoms with E-state index in [0.717, 1.165) is 22.3 Å². The van der Waals surface area contributed by atoms with E-state index >= 15 is 0 Å². The number of aliphatic hydroxyl groups excluding tert-OH is 1. The van der Waals surface area contributed by atoms with Crippen LogP contribution in [0.1, 0.15) is 23.5 Å². The summed E-state index contributed by atoms with van der Waals surface area (Å²) in [5.41, 5.74) is 2.05. The van der Waals surface area contributed by atoms with Gasteiger partial charge < -0.3 is 10.0 Å². The highest BCUT2D eigenvalue weighted by Gasteiger charge is 2.11. The summed E-state index contributed by atoms with van der Waals surface area (Å²) < 4.78 is 1.12. The van der Waals surface area contributed by atoms with Crippen LogP contribution in [-0.2, 0) is 6.54 Å². The molecule has 0 saturated heterocycles. The smallest absolute Gasteiger partial charge is 0.0781 e. The van der Waals surface area contributed by atoms with Crippen LogP contribution >= 0.6 is 27.3 Å². The van der Waals surface area contributed by atoms with Crippen LogP contribution in [-0.4, -0.2) is 12.2 Å². The summed E-state index contributed by atoms with van der Waals surface area (Å²) in [6, 6.07) is 10.1. The zero-order chi connectivity index (χ0) is 13.1. The van der Waals surface area contributed by atoms with Crippen molar-refractivity contribution in [3.8, 4) is 0 Å². The van der Waals surface area contributed by atoms with E-state index in [9.17, 15) is 5.11 Å². The van der Waals surface area contributed by atoms with Crippen LogP contribution in [0, 0.1) is 0 Å². The van der Waals surface area contributed by atoms with Gasteiger partial charge in [0, 0.05) is 33.0 Å². The van der Waals surface area contributed by atoms with Crippen LogP contribution in [0.4, 0.5) is 5.69 Å². The molecule has 1 atom stereocenters. The fraction of sp³-hybridized carbons (Fsp3) is 0.286. The third-order valence-corrected chi connectivity index (χ3v) is 4.50. The van der Waals surface area contributed by atoms with Crippen LogP contribution in [0.25, 0.3) is 0 Å². The van der Waals surface area contributed by atoms with Gasteiger partial charge in [0.1, 0.15) is 0 Å². The fourth-order valence-electron chi connectivity index (χ4n) is 1.94. The first-order valence-corrected chi connectivity index (χ1v) is 7.46. The van der Waals surface area contributed by atoms with Crippen molar-refractivity contribution in [2.75, 3.05) is 11.9 Å². The van der Waals surface area contributed by atoms with Crippen LogP contribution in [0.5, 0.6) is 0 Å². The minimum absolute atomic E-state index is 0.446. The molecule has 1 unspecified atom stereocenters. The van der Waals surface area contributed by atoms with Crippen molar-refractivity contribution >= 4 is 33.0 Å². The molecule has 0 amide bonds. The van der Waals surface area contributed by atoms with Gasteiger partial charge in [0.25, 0.3) is 0 Å². The molecule has 2 nitrogen and oxygen atoms in total. The number of thiophene rings is 1. The number of hydrogen-bond acceptors (Lipinski definition) is 3. The molecule has 0 aliphatic heterocycles. The summed E-state index contributed by atoms with van der Waals surface area (Å²) in [4.78, 5) is 3.46. The Morgan fingerprint density at radius 3 is 2.72 bits per heavy atom. The molecule has 0 fully saturated rings. The monoisotopic (exact) mass is 325 g/mol. The number of halogens is 1. The molecule has 18 heavy (non-hydrogen) atoms. The van der Waals surface area contributed by atoms with Gasteiger partial charge in [-0.05, 0) is 35.0 Å². The van der Waals surface area contributed by atoms with Crippen molar-refractivity contribution in [1.29, 1.82) is 0 Å². The number of nitrogens with zero attached hydrogens (tertiary/aromatic N) is 1. The van der Waals surface area contributed by atoms with Gasteiger partial charge in [0.05, 0.1) is 12.6 Å². The maximum atomic E-state index is 9.79. The maximum absolute atomic E-state index is 9.79. The normalized spacial score (nSPS) is 12.4. The summed E-state index contributed by atoms with van der Waals surface area (Å²) in [5.74, 6) is 0. The van der Waals surface area contributed by atoms with E-state index in [4.69, 9.17) is 0 Å². The lowest BCUT2D eigenvalue weighted by Gasteiger charge is -2.23. The number of anilines is 1. The van der Waals surface area contributed by atoms with Crippen molar-refractivity contribution < 1.29 is 5.11 Å². The Bertz CT molecular complexity index is 524. The highest BCUT2D eigenvalue weighted by atomic mass is 79.9. The second-order valence-electron chi connectivity index (χ2n) is 4.32. The quantitative estimate of drug-likeness (QED) is 0.910. The van der Waals surface area contributed by atoms with E-state index in [1.54, 1.807) is 18.3 Å². The molecule has 0 spiro atoms. The van der Waals surface area contributed by atoms with Crippen LogP contribution in [0.3, 0.4) is 0 Å². The van der Waals surface area contributed by atoms with Crippen molar-refractivity contribution in [3.63, 3.8) is 0 Å². The van der Waals surface area contributed by atoms with Crippen LogP contribution in [0.15, 0.2) is 40.2 Å². The predicted molar refractivity (Wildman–Crippen MR) is 81.2 cm³/mol. The summed E-state index contributed by atoms with van der Waals surface area (Å²) in [5, 5.41) is 11.9. The number of aliphatic hydroxyl groups is 1. The second-order valence-corrected chi connectivity index (χ2v) is 6.23. The molecule has 96 valence electrons. The Balaban J connectivity index is 2.20. The first-order valence-electron chi connectivity index (χ1n) is 5.79. The average molecular weight is 326 g/mol. The highest BCUT2D eigenvalue weighted by Crippen LogP contribution is 2.28. The zero-order valence-corrected chi connectivity index (χ0v) is 12.8. The molecule has 1 aromatic carbocycles. The lowest BCUT2D eigenvalue weighted by molar-refractivity contribution is 0.199. The number of para-hydroxylation sites is 1. The third kappa shape index (κ3) is 3.13. The SMILES string of the molecule is CC(O)c1ccccc1N(C)Cc1cc(Br)cs1. The Morgan fingerprint density at radius 1 is 1.39 bits per heavy atom. The summed E-state index contributed by atoms with van der Waals surface area (Å²) in [7, 11) is 2.05. The largest absolute Gasteiger partial charge is 0.389 e. The molecule has 2 aromatic rings. The predicted octanol–water partition coefficient (Wildman–Crippen LogP) is 4.20. The van der Waals surface area contributed by atoms with Crippen molar-refractivity contribution in [1.82, 2.24) is 0 Å². The van der Waals surface area contributed by atoms with Crippen molar-refractivity contribution in [2.24, 2.45) is 0 Å². The molecule has 0 radical (unpaired) electrons. The van der Waals surface area contributed by atoms with Crippen molar-refractivity contribution in [2.45, 2.75) is 19.6 Å². The fourth-order valence-corrected chi connectivity index (χ4v) is 3.45. The Kier molecular flexibility index (Phi) is 4.43. The topological polar surface area (TPSA) is 23.5 Å². The maximum Gasteiger partial charge on any atom is 0.0781 e. The first kappa shape index (κ1) is 13.6. The molecule has 0 aliphatic carbocycles. The van der Waals surface area contributed by atoms with Gasteiger partial charge in [-0.3, -0.25) is 0 Å². The number of hydrogen-bond donors (Lipinski definition) is 1. The highest BCUT2D eigenvalue weighted by molar-refractivity contribution is 9.10. The molecule has 2 rings (SSSR count). The van der Waals surface area contributed by atoms with Gasteiger partial charge in [-0.25, -0.2) is 0 Å². The lowest BCUT2D eigenvalue weighted by atomic mass is 10.1. The molecule has 0 bridgehead atoms. The number of benzene rings is 1. The molecule has 1 heterocycles. The number of rotatable bonds is 4. The van der Waals surface area contributed by atoms with E-state index in [-0.39, 0.29) is 0 Å². The van der Waals surface area contributed by atoms with E-state index in [1.807, 2.05) is 24.3 Å². The van der Waals surface area contributed by atoms with Gasteiger partial charge in [-0.15, -0.1) is 11.3 Å². The minimum atomic E-state index is -0.446. The second kappa shape index (κ2) is 5.87. The van der Waals surface area contributed by atoms with Gasteiger partial charge in [0.15, 0.2) is 0 Å². The zero-order valence-electron chi connectivity index (χ0n) is 10.4. The van der Waals surface area contributed by atoms with E-state index in [2.05, 4.69) is 39.3 Å². The molecule has 0 saturated carbocycles. The van der Waals surface area contributed by atoms with Gasteiger partial charge >= 0.3 is 0 Å². The van der Waals surface area contributed by atoms with E-state index in [1.165, 1.54) is 4.88 Å². The Hall–Kier alpha value is -0.840.